The summed E-state index contributed by atoms with van der Waals surface area (Å²) >= 11 is 2.86. The van der Waals surface area contributed by atoms with Crippen molar-refractivity contribution >= 4 is 45.4 Å². The number of carbonyl (C=O) groups excluding carboxylic acids is 2. The highest BCUT2D eigenvalue weighted by Crippen LogP contribution is 2.25. The minimum absolute atomic E-state index is 0.160. The quantitative estimate of drug-likeness (QED) is 0.289. The Hall–Kier alpha value is -1.53. The number of nitrogens with zero attached hydrogens (tertiary/aromatic N) is 2. The van der Waals surface area contributed by atoms with Gasteiger partial charge in [0, 0.05) is 36.7 Å². The molecular weight excluding hydrogens is 430 g/mol. The van der Waals surface area contributed by atoms with Crippen LogP contribution in [0.3, 0.4) is 0 Å². The molecule has 0 fully saturated rings. The lowest BCUT2D eigenvalue weighted by molar-refractivity contribution is -0.124. The molecule has 0 saturated heterocycles. The van der Waals surface area contributed by atoms with Crippen molar-refractivity contribution < 1.29 is 14.7 Å². The fourth-order valence-corrected chi connectivity index (χ4v) is 4.64. The molecule has 0 aliphatic rings. The molecular formula is C18H28N5O3S3+. The molecule has 0 aliphatic carbocycles. The first kappa shape index (κ1) is 23.7. The Kier molecular flexibility index (Phi) is 9.50. The number of hydrogen-bond donors (Lipinski definition) is 4. The van der Waals surface area contributed by atoms with E-state index in [9.17, 15) is 14.7 Å². The highest BCUT2D eigenvalue weighted by Gasteiger charge is 2.18. The van der Waals surface area contributed by atoms with E-state index in [1.165, 1.54) is 29.6 Å². The summed E-state index contributed by atoms with van der Waals surface area (Å²) in [7, 11) is 0.384. The Labute approximate surface area is 181 Å². The molecule has 160 valence electrons. The predicted octanol–water partition coefficient (Wildman–Crippen LogP) is 0.631. The Morgan fingerprint density at radius 2 is 1.97 bits per heavy atom. The van der Waals surface area contributed by atoms with Crippen molar-refractivity contribution in [2.45, 2.75) is 31.9 Å². The summed E-state index contributed by atoms with van der Waals surface area (Å²) in [5, 5.41) is 20.1. The van der Waals surface area contributed by atoms with Gasteiger partial charge in [0.15, 0.2) is 0 Å². The van der Waals surface area contributed by atoms with Gasteiger partial charge in [-0.25, -0.2) is 9.97 Å². The van der Waals surface area contributed by atoms with Crippen LogP contribution in [0.15, 0.2) is 10.8 Å². The van der Waals surface area contributed by atoms with Crippen LogP contribution in [-0.4, -0.2) is 70.4 Å². The molecule has 0 bridgehead atoms. The summed E-state index contributed by atoms with van der Waals surface area (Å²) in [4.78, 5) is 32.9. The standard InChI is InChI=1S/C18H27N5O3S3/c1-11(24)15(19)17(26)21-7-5-14-22-13(10-27-14)18-23-12(9-28-18)16(25)20-6-4-8-29(2)3/h9-11,15,24H,4-8,19H2,1-3H3,(H-,20,21,25,26)/p+1. The Morgan fingerprint density at radius 1 is 1.21 bits per heavy atom. The van der Waals surface area contributed by atoms with Gasteiger partial charge in [0.05, 0.1) is 23.6 Å². The van der Waals surface area contributed by atoms with E-state index in [0.717, 1.165) is 22.9 Å². The second-order valence-electron chi connectivity index (χ2n) is 6.77. The Balaban J connectivity index is 1.83. The molecule has 0 aliphatic heterocycles. The fourth-order valence-electron chi connectivity index (χ4n) is 2.30. The molecule has 29 heavy (non-hydrogen) atoms. The van der Waals surface area contributed by atoms with Gasteiger partial charge in [0.25, 0.3) is 5.91 Å². The average Bonchev–Trinajstić information content (AvgIpc) is 3.33. The smallest absolute Gasteiger partial charge is 0.270 e. The van der Waals surface area contributed by atoms with Crippen LogP contribution in [-0.2, 0) is 22.1 Å². The van der Waals surface area contributed by atoms with E-state index in [2.05, 4.69) is 33.1 Å². The second-order valence-corrected chi connectivity index (χ2v) is 11.0. The van der Waals surface area contributed by atoms with E-state index < -0.39 is 12.1 Å². The molecule has 5 N–H and O–H groups in total. The molecule has 0 aromatic carbocycles. The number of carbonyl (C=O) groups is 2. The van der Waals surface area contributed by atoms with Crippen LogP contribution in [0, 0.1) is 0 Å². The lowest BCUT2D eigenvalue weighted by atomic mass is 10.2. The lowest BCUT2D eigenvalue weighted by Crippen LogP contribution is -2.47. The van der Waals surface area contributed by atoms with E-state index in [1.54, 1.807) is 5.38 Å². The van der Waals surface area contributed by atoms with Crippen LogP contribution >= 0.6 is 22.7 Å². The van der Waals surface area contributed by atoms with E-state index >= 15 is 0 Å². The molecule has 2 unspecified atom stereocenters. The van der Waals surface area contributed by atoms with Crippen LogP contribution in [0.4, 0.5) is 0 Å². The first-order valence-corrected chi connectivity index (χ1v) is 13.2. The number of rotatable bonds is 11. The molecule has 8 nitrogen and oxygen atoms in total. The van der Waals surface area contributed by atoms with Gasteiger partial charge in [0.2, 0.25) is 5.91 Å². The summed E-state index contributed by atoms with van der Waals surface area (Å²) in [6, 6.07) is -0.937. The molecule has 2 amide bonds. The minimum Gasteiger partial charge on any atom is -0.391 e. The van der Waals surface area contributed by atoms with E-state index in [0.29, 0.717) is 41.1 Å². The zero-order chi connectivity index (χ0) is 21.4. The summed E-state index contributed by atoms with van der Waals surface area (Å²) in [5.41, 5.74) is 6.72. The third kappa shape index (κ3) is 7.67. The van der Waals surface area contributed by atoms with Crippen molar-refractivity contribution in [2.24, 2.45) is 5.73 Å². The number of aliphatic hydroxyl groups is 1. The normalized spacial score (nSPS) is 13.3. The summed E-state index contributed by atoms with van der Waals surface area (Å²) in [6.07, 6.45) is 5.00. The van der Waals surface area contributed by atoms with Gasteiger partial charge in [-0.2, -0.15) is 0 Å². The molecule has 2 atom stereocenters. The van der Waals surface area contributed by atoms with Gasteiger partial charge in [-0.15, -0.1) is 22.7 Å². The van der Waals surface area contributed by atoms with E-state index in [1.807, 2.05) is 5.38 Å². The second kappa shape index (κ2) is 11.6. The molecule has 2 heterocycles. The number of amides is 2. The monoisotopic (exact) mass is 458 g/mol. The van der Waals surface area contributed by atoms with Gasteiger partial charge >= 0.3 is 0 Å². The number of nitrogens with one attached hydrogen (secondary N) is 2. The first-order valence-electron chi connectivity index (χ1n) is 9.22. The SMILES string of the molecule is CC(O)C(N)C(=O)NCCc1nc(-c2nc(C(=O)NCCC[S+](C)C)cs2)cs1. The summed E-state index contributed by atoms with van der Waals surface area (Å²) < 4.78 is 0. The van der Waals surface area contributed by atoms with Gasteiger partial charge in [-0.1, -0.05) is 0 Å². The van der Waals surface area contributed by atoms with Crippen LogP contribution < -0.4 is 16.4 Å². The predicted molar refractivity (Wildman–Crippen MR) is 121 cm³/mol. The van der Waals surface area contributed by atoms with Crippen molar-refractivity contribution in [1.29, 1.82) is 0 Å². The molecule has 0 saturated carbocycles. The molecule has 2 rings (SSSR count). The number of hydrogen-bond acceptors (Lipinski definition) is 8. The number of aliphatic hydroxyl groups excluding tert-OH is 1. The molecule has 0 spiro atoms. The highest BCUT2D eigenvalue weighted by molar-refractivity contribution is 7.95. The average molecular weight is 459 g/mol. The largest absolute Gasteiger partial charge is 0.391 e. The number of aromatic nitrogens is 2. The number of thiazole rings is 2. The summed E-state index contributed by atoms with van der Waals surface area (Å²) in [6.45, 7) is 2.52. The van der Waals surface area contributed by atoms with Gasteiger partial charge < -0.3 is 21.5 Å². The van der Waals surface area contributed by atoms with Crippen molar-refractivity contribution in [2.75, 3.05) is 31.4 Å². The van der Waals surface area contributed by atoms with Crippen molar-refractivity contribution in [3.63, 3.8) is 0 Å². The van der Waals surface area contributed by atoms with Crippen LogP contribution in [0.25, 0.3) is 10.7 Å². The maximum absolute atomic E-state index is 12.2. The van der Waals surface area contributed by atoms with Gasteiger partial charge in [-0.05, 0) is 17.8 Å². The molecule has 2 aromatic heterocycles. The maximum Gasteiger partial charge on any atom is 0.270 e. The lowest BCUT2D eigenvalue weighted by Gasteiger charge is -2.13. The topological polar surface area (TPSA) is 130 Å². The van der Waals surface area contributed by atoms with Gasteiger partial charge in [0.1, 0.15) is 28.2 Å². The maximum atomic E-state index is 12.2. The van der Waals surface area contributed by atoms with E-state index in [-0.39, 0.29) is 11.8 Å². The fraction of sp³-hybridized carbons (Fsp3) is 0.556. The first-order chi connectivity index (χ1) is 13.8. The Bertz CT molecular complexity index is 806. The summed E-state index contributed by atoms with van der Waals surface area (Å²) in [5.74, 6) is 0.559. The molecule has 2 aromatic rings. The number of nitrogens with two attached hydrogens (primary N) is 1. The van der Waals surface area contributed by atoms with Crippen LogP contribution in [0.5, 0.6) is 0 Å². The zero-order valence-electron chi connectivity index (χ0n) is 16.8. The van der Waals surface area contributed by atoms with Crippen molar-refractivity contribution in [3.8, 4) is 10.7 Å². The molecule has 0 radical (unpaired) electrons. The minimum atomic E-state index is -0.937. The third-order valence-electron chi connectivity index (χ3n) is 3.98. The molecule has 11 heteroatoms. The van der Waals surface area contributed by atoms with Crippen LogP contribution in [0.2, 0.25) is 0 Å². The van der Waals surface area contributed by atoms with Crippen LogP contribution in [0.1, 0.15) is 28.8 Å². The van der Waals surface area contributed by atoms with E-state index in [4.69, 9.17) is 5.73 Å². The highest BCUT2D eigenvalue weighted by atomic mass is 32.2. The van der Waals surface area contributed by atoms with Crippen molar-refractivity contribution in [1.82, 2.24) is 20.6 Å². The Morgan fingerprint density at radius 3 is 2.66 bits per heavy atom. The van der Waals surface area contributed by atoms with Crippen molar-refractivity contribution in [3.05, 3.63) is 21.5 Å². The van der Waals surface area contributed by atoms with Gasteiger partial charge in [-0.3, -0.25) is 9.59 Å². The zero-order valence-corrected chi connectivity index (χ0v) is 19.3. The third-order valence-corrected chi connectivity index (χ3v) is 6.86.